The van der Waals surface area contributed by atoms with Crippen LogP contribution in [0.5, 0.6) is 0 Å². The number of nitrogens with zero attached hydrogens (tertiary/aromatic N) is 1. The molecular formula is C26H32N2O2S. The third-order valence-corrected chi connectivity index (χ3v) is 7.68. The monoisotopic (exact) mass is 436 g/mol. The van der Waals surface area contributed by atoms with E-state index in [1.54, 1.807) is 7.05 Å². The molecule has 31 heavy (non-hydrogen) atoms. The number of sulfonamides is 1. The third-order valence-electron chi connectivity index (χ3n) is 5.92. The summed E-state index contributed by atoms with van der Waals surface area (Å²) in [6.45, 7) is 6.01. The Morgan fingerprint density at radius 1 is 0.839 bits per heavy atom. The number of likely N-dealkylation sites (N-methyl/N-ethyl adjacent to an activating group) is 2. The molecule has 0 aliphatic rings. The molecule has 1 N–H and O–H groups in total. The van der Waals surface area contributed by atoms with Crippen LogP contribution in [-0.4, -0.2) is 26.8 Å². The number of benzene rings is 3. The highest BCUT2D eigenvalue weighted by molar-refractivity contribution is 7.88. The average Bonchev–Trinajstić information content (AvgIpc) is 2.75. The third kappa shape index (κ3) is 5.24. The van der Waals surface area contributed by atoms with Crippen molar-refractivity contribution in [1.82, 2.24) is 9.62 Å². The predicted molar refractivity (Wildman–Crippen MR) is 128 cm³/mol. The van der Waals surface area contributed by atoms with Crippen molar-refractivity contribution in [3.8, 4) is 0 Å². The van der Waals surface area contributed by atoms with E-state index in [-0.39, 0.29) is 17.8 Å². The van der Waals surface area contributed by atoms with Crippen molar-refractivity contribution in [1.29, 1.82) is 0 Å². The van der Waals surface area contributed by atoms with E-state index in [4.69, 9.17) is 0 Å². The van der Waals surface area contributed by atoms with E-state index in [0.29, 0.717) is 0 Å². The molecule has 3 aromatic carbocycles. The fourth-order valence-electron chi connectivity index (χ4n) is 4.32. The van der Waals surface area contributed by atoms with Crippen molar-refractivity contribution in [2.75, 3.05) is 14.1 Å². The molecule has 0 saturated carbocycles. The summed E-state index contributed by atoms with van der Waals surface area (Å²) in [6, 6.07) is 23.4. The molecule has 0 saturated heterocycles. The molecule has 0 amide bonds. The summed E-state index contributed by atoms with van der Waals surface area (Å²) in [6.07, 6.45) is 0. The van der Waals surface area contributed by atoms with Gasteiger partial charge in [0.1, 0.15) is 0 Å². The van der Waals surface area contributed by atoms with E-state index in [1.165, 1.54) is 4.31 Å². The molecule has 0 radical (unpaired) electrons. The van der Waals surface area contributed by atoms with Crippen molar-refractivity contribution in [3.05, 3.63) is 106 Å². The second-order valence-corrected chi connectivity index (χ2v) is 10.2. The minimum atomic E-state index is -3.59. The predicted octanol–water partition coefficient (Wildman–Crippen LogP) is 5.08. The van der Waals surface area contributed by atoms with Gasteiger partial charge in [0.15, 0.2) is 0 Å². The lowest BCUT2D eigenvalue weighted by Gasteiger charge is -2.35. The lowest BCUT2D eigenvalue weighted by molar-refractivity contribution is 0.301. The van der Waals surface area contributed by atoms with Gasteiger partial charge >= 0.3 is 0 Å². The molecule has 0 fully saturated rings. The Balaban J connectivity index is 2.05. The van der Waals surface area contributed by atoms with Crippen LogP contribution in [0.1, 0.15) is 45.5 Å². The Hall–Kier alpha value is -2.47. The molecule has 4 nitrogen and oxygen atoms in total. The maximum absolute atomic E-state index is 13.7. The SMILES string of the molecule is CNC(c1ccccc1)C(c1ccccc1)N(C)S(=O)(=O)Cc1c(C)cc(C)cc1C. The first-order valence-electron chi connectivity index (χ1n) is 10.5. The molecule has 3 rings (SSSR count). The highest BCUT2D eigenvalue weighted by Crippen LogP contribution is 2.36. The van der Waals surface area contributed by atoms with E-state index in [9.17, 15) is 8.42 Å². The van der Waals surface area contributed by atoms with Crippen molar-refractivity contribution in [3.63, 3.8) is 0 Å². The van der Waals surface area contributed by atoms with Gasteiger partial charge in [-0.05, 0) is 55.6 Å². The summed E-state index contributed by atoms with van der Waals surface area (Å²) >= 11 is 0. The lowest BCUT2D eigenvalue weighted by Crippen LogP contribution is -2.39. The van der Waals surface area contributed by atoms with E-state index >= 15 is 0 Å². The van der Waals surface area contributed by atoms with Gasteiger partial charge in [0.2, 0.25) is 10.0 Å². The molecule has 3 aromatic rings. The van der Waals surface area contributed by atoms with E-state index < -0.39 is 10.0 Å². The van der Waals surface area contributed by atoms with Crippen LogP contribution in [0, 0.1) is 20.8 Å². The van der Waals surface area contributed by atoms with Crippen LogP contribution in [-0.2, 0) is 15.8 Å². The zero-order chi connectivity index (χ0) is 22.6. The van der Waals surface area contributed by atoms with Gasteiger partial charge in [0.25, 0.3) is 0 Å². The molecule has 2 unspecified atom stereocenters. The molecular weight excluding hydrogens is 404 g/mol. The maximum atomic E-state index is 13.7. The maximum Gasteiger partial charge on any atom is 0.218 e. The number of hydrogen-bond acceptors (Lipinski definition) is 3. The Morgan fingerprint density at radius 2 is 1.32 bits per heavy atom. The smallest absolute Gasteiger partial charge is 0.218 e. The minimum Gasteiger partial charge on any atom is -0.311 e. The minimum absolute atomic E-state index is 0.0179. The van der Waals surface area contributed by atoms with Crippen LogP contribution >= 0.6 is 0 Å². The fourth-order valence-corrected chi connectivity index (χ4v) is 5.94. The Bertz CT molecular complexity index is 1090. The zero-order valence-corrected chi connectivity index (χ0v) is 19.8. The van der Waals surface area contributed by atoms with Gasteiger partial charge in [-0.15, -0.1) is 0 Å². The molecule has 2 atom stereocenters. The van der Waals surface area contributed by atoms with Gasteiger partial charge in [-0.25, -0.2) is 8.42 Å². The fraction of sp³-hybridized carbons (Fsp3) is 0.308. The summed E-state index contributed by atoms with van der Waals surface area (Å²) in [5.41, 5.74) is 6.05. The van der Waals surface area contributed by atoms with Crippen LogP contribution in [0.3, 0.4) is 0 Å². The zero-order valence-electron chi connectivity index (χ0n) is 19.0. The van der Waals surface area contributed by atoms with Gasteiger partial charge in [-0.3, -0.25) is 0 Å². The molecule has 0 aromatic heterocycles. The topological polar surface area (TPSA) is 49.4 Å². The lowest BCUT2D eigenvalue weighted by atomic mass is 9.93. The van der Waals surface area contributed by atoms with Crippen LogP contribution < -0.4 is 5.32 Å². The summed E-state index contributed by atoms with van der Waals surface area (Å²) in [5.74, 6) is -0.0179. The normalized spacial score (nSPS) is 13.9. The first-order chi connectivity index (χ1) is 14.7. The molecule has 0 bridgehead atoms. The number of aryl methyl sites for hydroxylation is 3. The van der Waals surface area contributed by atoms with E-state index in [2.05, 4.69) is 5.32 Å². The molecule has 0 aliphatic heterocycles. The number of rotatable bonds is 8. The van der Waals surface area contributed by atoms with Gasteiger partial charge < -0.3 is 5.32 Å². The summed E-state index contributed by atoms with van der Waals surface area (Å²) in [4.78, 5) is 0. The highest BCUT2D eigenvalue weighted by Gasteiger charge is 2.34. The van der Waals surface area contributed by atoms with Crippen LogP contribution in [0.25, 0.3) is 0 Å². The largest absolute Gasteiger partial charge is 0.311 e. The standard InChI is InChI=1S/C26H32N2O2S/c1-19-16-20(2)24(21(3)17-19)18-31(29,30)28(5)26(23-14-10-7-11-15-23)25(27-4)22-12-8-6-9-13-22/h6-17,25-27H,18H2,1-5H3. The summed E-state index contributed by atoms with van der Waals surface area (Å²) in [5, 5.41) is 3.36. The molecule has 0 aliphatic carbocycles. The first kappa shape index (κ1) is 23.2. The van der Waals surface area contributed by atoms with Gasteiger partial charge in [-0.2, -0.15) is 4.31 Å². The van der Waals surface area contributed by atoms with Crippen LogP contribution in [0.2, 0.25) is 0 Å². The first-order valence-corrected chi connectivity index (χ1v) is 12.1. The van der Waals surface area contributed by atoms with Crippen molar-refractivity contribution < 1.29 is 8.42 Å². The summed E-state index contributed by atoms with van der Waals surface area (Å²) in [7, 11) is -0.0174. The quantitative estimate of drug-likeness (QED) is 0.536. The van der Waals surface area contributed by atoms with Gasteiger partial charge in [0.05, 0.1) is 17.8 Å². The Morgan fingerprint density at radius 3 is 1.81 bits per heavy atom. The molecule has 0 heterocycles. The van der Waals surface area contributed by atoms with E-state index in [0.717, 1.165) is 33.4 Å². The number of nitrogens with one attached hydrogen (secondary N) is 1. The Kier molecular flexibility index (Phi) is 7.31. The Labute approximate surface area is 187 Å². The highest BCUT2D eigenvalue weighted by atomic mass is 32.2. The molecule has 0 spiro atoms. The second-order valence-electron chi connectivity index (χ2n) is 8.18. The number of hydrogen-bond donors (Lipinski definition) is 1. The van der Waals surface area contributed by atoms with Crippen molar-refractivity contribution in [2.24, 2.45) is 0 Å². The van der Waals surface area contributed by atoms with Crippen LogP contribution in [0.4, 0.5) is 0 Å². The molecule has 5 heteroatoms. The van der Waals surface area contributed by atoms with E-state index in [1.807, 2.05) is 101 Å². The van der Waals surface area contributed by atoms with Crippen molar-refractivity contribution >= 4 is 10.0 Å². The van der Waals surface area contributed by atoms with Crippen LogP contribution in [0.15, 0.2) is 72.8 Å². The second kappa shape index (κ2) is 9.77. The van der Waals surface area contributed by atoms with Gasteiger partial charge in [-0.1, -0.05) is 78.4 Å². The van der Waals surface area contributed by atoms with Crippen molar-refractivity contribution in [2.45, 2.75) is 38.6 Å². The van der Waals surface area contributed by atoms with Gasteiger partial charge in [0, 0.05) is 7.05 Å². The average molecular weight is 437 g/mol. The summed E-state index contributed by atoms with van der Waals surface area (Å²) < 4.78 is 28.8. The molecule has 164 valence electrons.